The van der Waals surface area contributed by atoms with Crippen molar-refractivity contribution in [1.82, 2.24) is 0 Å². The molecule has 0 aliphatic rings. The lowest BCUT2D eigenvalue weighted by molar-refractivity contribution is 0.0379. The highest BCUT2D eigenvalue weighted by Gasteiger charge is 2.17. The van der Waals surface area contributed by atoms with Gasteiger partial charge in [0.05, 0.1) is 28.9 Å². The van der Waals surface area contributed by atoms with Crippen LogP contribution in [-0.4, -0.2) is 19.2 Å². The van der Waals surface area contributed by atoms with Gasteiger partial charge in [0, 0.05) is 0 Å². The fourth-order valence-electron chi connectivity index (χ4n) is 1.19. The minimum Gasteiger partial charge on any atom is -0.495 e. The van der Waals surface area contributed by atoms with Crippen LogP contribution in [0.5, 0.6) is 5.75 Å². The number of hydrogen-bond donors (Lipinski definition) is 1. The molecule has 2 N–H and O–H groups in total. The van der Waals surface area contributed by atoms with E-state index in [9.17, 15) is 4.79 Å². The molecule has 0 heterocycles. The van der Waals surface area contributed by atoms with Crippen LogP contribution in [0.15, 0.2) is 16.6 Å². The van der Waals surface area contributed by atoms with Crippen LogP contribution in [0.3, 0.4) is 0 Å². The average Bonchev–Trinajstić information content (AvgIpc) is 2.20. The number of nitrogens with two attached hydrogens (primary N) is 1. The number of methoxy groups -OCH3 is 1. The van der Waals surface area contributed by atoms with E-state index in [-0.39, 0.29) is 6.10 Å². The molecule has 0 saturated heterocycles. The molecule has 5 heteroatoms. The molecule has 16 heavy (non-hydrogen) atoms. The normalized spacial score (nSPS) is 10.3. The number of esters is 1. The molecule has 0 spiro atoms. The van der Waals surface area contributed by atoms with Crippen LogP contribution in [0.1, 0.15) is 24.2 Å². The molecule has 0 atom stereocenters. The van der Waals surface area contributed by atoms with Gasteiger partial charge in [-0.25, -0.2) is 4.79 Å². The highest BCUT2D eigenvalue weighted by molar-refractivity contribution is 9.10. The number of nitrogen functional groups attached to an aromatic ring is 1. The smallest absolute Gasteiger partial charge is 0.340 e. The van der Waals surface area contributed by atoms with E-state index in [4.69, 9.17) is 15.2 Å². The first-order valence-electron chi connectivity index (χ1n) is 4.80. The van der Waals surface area contributed by atoms with Crippen molar-refractivity contribution < 1.29 is 14.3 Å². The van der Waals surface area contributed by atoms with E-state index in [0.717, 1.165) is 0 Å². The second-order valence-electron chi connectivity index (χ2n) is 3.50. The maximum atomic E-state index is 11.7. The summed E-state index contributed by atoms with van der Waals surface area (Å²) in [5.41, 5.74) is 6.47. The largest absolute Gasteiger partial charge is 0.495 e. The van der Waals surface area contributed by atoms with E-state index in [1.807, 2.05) is 0 Å². The van der Waals surface area contributed by atoms with Gasteiger partial charge in [-0.15, -0.1) is 0 Å². The fraction of sp³-hybridized carbons (Fsp3) is 0.364. The maximum Gasteiger partial charge on any atom is 0.340 e. The van der Waals surface area contributed by atoms with Gasteiger partial charge in [0.2, 0.25) is 0 Å². The number of benzene rings is 1. The summed E-state index contributed by atoms with van der Waals surface area (Å²) in [5.74, 6) is 0.148. The molecule has 0 aromatic heterocycles. The average molecular weight is 288 g/mol. The maximum absolute atomic E-state index is 11.7. The minimum atomic E-state index is -0.434. The van der Waals surface area contributed by atoms with Crippen LogP contribution in [-0.2, 0) is 4.74 Å². The van der Waals surface area contributed by atoms with Crippen LogP contribution in [0.25, 0.3) is 0 Å². The first kappa shape index (κ1) is 12.8. The summed E-state index contributed by atoms with van der Waals surface area (Å²) in [6.45, 7) is 3.57. The van der Waals surface area contributed by atoms with Crippen LogP contribution in [0.2, 0.25) is 0 Å². The lowest BCUT2D eigenvalue weighted by atomic mass is 10.1. The van der Waals surface area contributed by atoms with E-state index < -0.39 is 5.97 Å². The van der Waals surface area contributed by atoms with Gasteiger partial charge in [-0.05, 0) is 41.9 Å². The zero-order valence-corrected chi connectivity index (χ0v) is 11.0. The summed E-state index contributed by atoms with van der Waals surface area (Å²) in [6, 6.07) is 3.25. The van der Waals surface area contributed by atoms with Crippen molar-refractivity contribution in [3.05, 3.63) is 22.2 Å². The van der Waals surface area contributed by atoms with E-state index in [2.05, 4.69) is 15.9 Å². The number of ether oxygens (including phenoxy) is 2. The van der Waals surface area contributed by atoms with Crippen molar-refractivity contribution in [1.29, 1.82) is 0 Å². The highest BCUT2D eigenvalue weighted by atomic mass is 79.9. The first-order chi connectivity index (χ1) is 7.47. The molecule has 88 valence electrons. The van der Waals surface area contributed by atoms with Crippen molar-refractivity contribution in [3.63, 3.8) is 0 Å². The molecule has 1 aromatic rings. The van der Waals surface area contributed by atoms with E-state index in [1.54, 1.807) is 26.0 Å². The highest BCUT2D eigenvalue weighted by Crippen LogP contribution is 2.33. The van der Waals surface area contributed by atoms with Crippen molar-refractivity contribution >= 4 is 27.6 Å². The van der Waals surface area contributed by atoms with Crippen molar-refractivity contribution in [2.24, 2.45) is 0 Å². The summed E-state index contributed by atoms with van der Waals surface area (Å²) in [4.78, 5) is 11.7. The predicted molar refractivity (Wildman–Crippen MR) is 65.7 cm³/mol. The van der Waals surface area contributed by atoms with E-state index >= 15 is 0 Å². The third kappa shape index (κ3) is 2.66. The number of halogens is 1. The van der Waals surface area contributed by atoms with Crippen molar-refractivity contribution in [2.75, 3.05) is 12.8 Å². The summed E-state index contributed by atoms with van der Waals surface area (Å²) in [6.07, 6.45) is -0.173. The number of hydrogen-bond acceptors (Lipinski definition) is 4. The topological polar surface area (TPSA) is 61.5 Å². The Morgan fingerprint density at radius 3 is 2.56 bits per heavy atom. The molecule has 0 aliphatic carbocycles. The van der Waals surface area contributed by atoms with Gasteiger partial charge in [-0.3, -0.25) is 0 Å². The number of anilines is 1. The molecule has 0 saturated carbocycles. The van der Waals surface area contributed by atoms with Gasteiger partial charge in [-0.2, -0.15) is 0 Å². The molecule has 4 nitrogen and oxygen atoms in total. The van der Waals surface area contributed by atoms with Crippen LogP contribution < -0.4 is 10.5 Å². The lowest BCUT2D eigenvalue weighted by Gasteiger charge is -2.12. The standard InChI is InChI=1S/C11H14BrNO3/c1-6(2)16-11(14)7-4-5-8(15-3)9(12)10(7)13/h4-6H,13H2,1-3H3. The minimum absolute atomic E-state index is 0.173. The molecular formula is C11H14BrNO3. The molecule has 0 fully saturated rings. The second-order valence-corrected chi connectivity index (χ2v) is 4.29. The SMILES string of the molecule is COc1ccc(C(=O)OC(C)C)c(N)c1Br. The molecular weight excluding hydrogens is 274 g/mol. The van der Waals surface area contributed by atoms with Gasteiger partial charge >= 0.3 is 5.97 Å². The number of carbonyl (C=O) groups excluding carboxylic acids is 1. The van der Waals surface area contributed by atoms with Crippen molar-refractivity contribution in [2.45, 2.75) is 20.0 Å². The predicted octanol–water partition coefficient (Wildman–Crippen LogP) is 2.61. The van der Waals surface area contributed by atoms with Crippen LogP contribution >= 0.6 is 15.9 Å². The van der Waals surface area contributed by atoms with Gasteiger partial charge in [0.1, 0.15) is 5.75 Å². The zero-order chi connectivity index (χ0) is 12.3. The molecule has 0 radical (unpaired) electrons. The Morgan fingerprint density at radius 1 is 1.44 bits per heavy atom. The Kier molecular flexibility index (Phi) is 4.18. The third-order valence-corrected chi connectivity index (χ3v) is 2.74. The Bertz CT molecular complexity index is 404. The van der Waals surface area contributed by atoms with Gasteiger partial charge in [0.15, 0.2) is 0 Å². The Hall–Kier alpha value is -1.23. The second kappa shape index (κ2) is 5.21. The Morgan fingerprint density at radius 2 is 2.06 bits per heavy atom. The van der Waals surface area contributed by atoms with Gasteiger partial charge < -0.3 is 15.2 Å². The van der Waals surface area contributed by atoms with Gasteiger partial charge in [0.25, 0.3) is 0 Å². The summed E-state index contributed by atoms with van der Waals surface area (Å²) < 4.78 is 10.7. The monoisotopic (exact) mass is 287 g/mol. The first-order valence-corrected chi connectivity index (χ1v) is 5.59. The zero-order valence-electron chi connectivity index (χ0n) is 9.41. The van der Waals surface area contributed by atoms with Crippen LogP contribution in [0.4, 0.5) is 5.69 Å². The molecule has 0 bridgehead atoms. The number of carbonyl (C=O) groups is 1. The Labute approximate surface area is 103 Å². The molecule has 0 amide bonds. The third-order valence-electron chi connectivity index (χ3n) is 1.93. The summed E-state index contributed by atoms with van der Waals surface area (Å²) in [7, 11) is 1.53. The van der Waals surface area contributed by atoms with Crippen molar-refractivity contribution in [3.8, 4) is 5.75 Å². The molecule has 1 rings (SSSR count). The van der Waals surface area contributed by atoms with Crippen LogP contribution in [0, 0.1) is 0 Å². The fourth-order valence-corrected chi connectivity index (χ4v) is 1.69. The molecule has 1 aromatic carbocycles. The molecule has 0 unspecified atom stereocenters. The van der Waals surface area contributed by atoms with E-state index in [1.165, 1.54) is 7.11 Å². The summed E-state index contributed by atoms with van der Waals surface area (Å²) >= 11 is 3.27. The van der Waals surface area contributed by atoms with Gasteiger partial charge in [-0.1, -0.05) is 0 Å². The molecule has 0 aliphatic heterocycles. The van der Waals surface area contributed by atoms with E-state index in [0.29, 0.717) is 21.5 Å². The quantitative estimate of drug-likeness (QED) is 0.686. The Balaban J connectivity index is 3.07. The lowest BCUT2D eigenvalue weighted by Crippen LogP contribution is -2.13. The summed E-state index contributed by atoms with van der Waals surface area (Å²) in [5, 5.41) is 0. The number of rotatable bonds is 3.